The van der Waals surface area contributed by atoms with Crippen molar-refractivity contribution in [2.45, 2.75) is 45.1 Å². The van der Waals surface area contributed by atoms with Gasteiger partial charge in [-0.2, -0.15) is 0 Å². The Kier molecular flexibility index (Phi) is 7.29. The minimum absolute atomic E-state index is 0.101. The molecule has 33 heavy (non-hydrogen) atoms. The van der Waals surface area contributed by atoms with Crippen LogP contribution in [0.5, 0.6) is 5.75 Å². The first-order valence-electron chi connectivity index (χ1n) is 11.3. The lowest BCUT2D eigenvalue weighted by Crippen LogP contribution is -2.19. The topological polar surface area (TPSA) is 84.3 Å². The largest absolute Gasteiger partial charge is 0.494 e. The lowest BCUT2D eigenvalue weighted by molar-refractivity contribution is -0.137. The number of carbonyl (C=O) groups is 1. The van der Waals surface area contributed by atoms with Crippen molar-refractivity contribution >= 4 is 5.97 Å². The van der Waals surface area contributed by atoms with Crippen LogP contribution >= 0.6 is 0 Å². The Morgan fingerprint density at radius 1 is 1.24 bits per heavy atom. The number of hydrogen-bond acceptors (Lipinski definition) is 5. The zero-order valence-electron chi connectivity index (χ0n) is 18.7. The Morgan fingerprint density at radius 3 is 2.85 bits per heavy atom. The van der Waals surface area contributed by atoms with Crippen LogP contribution < -0.4 is 10.1 Å². The predicted octanol–water partition coefficient (Wildman–Crippen LogP) is 4.65. The predicted molar refractivity (Wildman–Crippen MR) is 124 cm³/mol. The van der Waals surface area contributed by atoms with Crippen LogP contribution in [-0.4, -0.2) is 34.2 Å². The second kappa shape index (κ2) is 10.5. The van der Waals surface area contributed by atoms with Crippen molar-refractivity contribution in [3.63, 3.8) is 0 Å². The Hall–Kier alpha value is -3.32. The third kappa shape index (κ3) is 5.93. The Bertz CT molecular complexity index is 1120. The quantitative estimate of drug-likeness (QED) is 0.438. The van der Waals surface area contributed by atoms with Crippen LogP contribution in [0.25, 0.3) is 11.4 Å². The van der Waals surface area contributed by atoms with E-state index in [0.29, 0.717) is 31.2 Å². The number of halogens is 1. The average molecular weight is 450 g/mol. The highest BCUT2D eigenvalue weighted by molar-refractivity contribution is 5.68. The number of benzene rings is 2. The summed E-state index contributed by atoms with van der Waals surface area (Å²) >= 11 is 0. The minimum Gasteiger partial charge on any atom is -0.494 e. The number of aromatic nitrogens is 2. The normalized spacial score (nSPS) is 14.8. The molecule has 0 fully saturated rings. The van der Waals surface area contributed by atoms with Gasteiger partial charge < -0.3 is 15.2 Å². The molecule has 4 rings (SSSR count). The van der Waals surface area contributed by atoms with Crippen molar-refractivity contribution < 1.29 is 19.0 Å². The summed E-state index contributed by atoms with van der Waals surface area (Å²) in [6.07, 6.45) is 3.92. The van der Waals surface area contributed by atoms with Gasteiger partial charge in [0, 0.05) is 12.1 Å². The lowest BCUT2D eigenvalue weighted by Gasteiger charge is -2.11. The Labute approximate surface area is 192 Å². The van der Waals surface area contributed by atoms with E-state index in [1.54, 1.807) is 0 Å². The molecular weight excluding hydrogens is 421 g/mol. The summed E-state index contributed by atoms with van der Waals surface area (Å²) in [4.78, 5) is 19.5. The summed E-state index contributed by atoms with van der Waals surface area (Å²) in [7, 11) is 0. The molecule has 2 aromatic carbocycles. The fourth-order valence-corrected chi connectivity index (χ4v) is 4.16. The van der Waals surface area contributed by atoms with Crippen LogP contribution in [0, 0.1) is 12.7 Å². The van der Waals surface area contributed by atoms with E-state index in [0.717, 1.165) is 41.7 Å². The van der Waals surface area contributed by atoms with Gasteiger partial charge in [-0.3, -0.25) is 4.79 Å². The standard InChI is InChI=1S/C26H28FN3O3/c1-17-3-5-18(6-4-17)26-29-15-23(27)24(30-26)16-28-11-2-12-33-21-9-10-22-19(13-21)7-8-20(22)14-25(31)32/h3-6,9-10,13,15,20,28H,2,7-8,11-12,14,16H2,1H3,(H,31,32)/t20-/m0/s1. The zero-order valence-corrected chi connectivity index (χ0v) is 18.7. The maximum atomic E-state index is 14.1. The summed E-state index contributed by atoms with van der Waals surface area (Å²) in [5.41, 5.74) is 4.66. The van der Waals surface area contributed by atoms with Gasteiger partial charge in [0.2, 0.25) is 0 Å². The molecule has 2 N–H and O–H groups in total. The molecule has 0 spiro atoms. The van der Waals surface area contributed by atoms with E-state index in [1.165, 1.54) is 11.8 Å². The van der Waals surface area contributed by atoms with Crippen molar-refractivity contribution in [1.82, 2.24) is 15.3 Å². The van der Waals surface area contributed by atoms with Gasteiger partial charge in [0.05, 0.1) is 24.9 Å². The number of carboxylic acids is 1. The van der Waals surface area contributed by atoms with Crippen LogP contribution in [0.1, 0.15) is 47.6 Å². The molecule has 0 amide bonds. The van der Waals surface area contributed by atoms with Gasteiger partial charge in [-0.1, -0.05) is 35.9 Å². The van der Waals surface area contributed by atoms with Crippen molar-refractivity contribution in [3.05, 3.63) is 76.9 Å². The molecule has 1 aliphatic carbocycles. The molecule has 1 aromatic heterocycles. The number of hydrogen-bond donors (Lipinski definition) is 2. The molecule has 0 bridgehead atoms. The molecule has 3 aromatic rings. The molecule has 0 saturated carbocycles. The van der Waals surface area contributed by atoms with E-state index >= 15 is 0 Å². The number of fused-ring (bicyclic) bond motifs is 1. The molecule has 0 unspecified atom stereocenters. The summed E-state index contributed by atoms with van der Waals surface area (Å²) in [6.45, 7) is 3.52. The minimum atomic E-state index is -0.756. The first-order valence-corrected chi connectivity index (χ1v) is 11.3. The van der Waals surface area contributed by atoms with Crippen LogP contribution in [0.2, 0.25) is 0 Å². The molecule has 0 saturated heterocycles. The highest BCUT2D eigenvalue weighted by Gasteiger charge is 2.24. The number of aliphatic carboxylic acids is 1. The third-order valence-corrected chi connectivity index (χ3v) is 5.92. The van der Waals surface area contributed by atoms with E-state index in [-0.39, 0.29) is 12.3 Å². The van der Waals surface area contributed by atoms with E-state index in [9.17, 15) is 9.18 Å². The molecule has 1 aliphatic rings. The first-order chi connectivity index (χ1) is 16.0. The first kappa shape index (κ1) is 22.9. The maximum Gasteiger partial charge on any atom is 0.303 e. The van der Waals surface area contributed by atoms with Gasteiger partial charge in [-0.15, -0.1) is 0 Å². The second-order valence-corrected chi connectivity index (χ2v) is 8.43. The number of ether oxygens (including phenoxy) is 1. The van der Waals surface area contributed by atoms with Crippen LogP contribution in [-0.2, 0) is 17.8 Å². The van der Waals surface area contributed by atoms with Crippen molar-refractivity contribution in [2.75, 3.05) is 13.2 Å². The maximum absolute atomic E-state index is 14.1. The van der Waals surface area contributed by atoms with Gasteiger partial charge in [0.1, 0.15) is 5.75 Å². The summed E-state index contributed by atoms with van der Waals surface area (Å²) in [5, 5.41) is 12.3. The van der Waals surface area contributed by atoms with Crippen LogP contribution in [0.4, 0.5) is 4.39 Å². The molecule has 0 radical (unpaired) electrons. The number of carboxylic acid groups (broad SMARTS) is 1. The number of rotatable bonds is 10. The van der Waals surface area contributed by atoms with E-state index in [4.69, 9.17) is 9.84 Å². The average Bonchev–Trinajstić information content (AvgIpc) is 3.19. The molecular formula is C26H28FN3O3. The summed E-state index contributed by atoms with van der Waals surface area (Å²) in [6, 6.07) is 13.8. The summed E-state index contributed by atoms with van der Waals surface area (Å²) < 4.78 is 20.0. The molecule has 7 heteroatoms. The monoisotopic (exact) mass is 449 g/mol. The highest BCUT2D eigenvalue weighted by Crippen LogP contribution is 2.37. The van der Waals surface area contributed by atoms with E-state index in [1.807, 2.05) is 49.4 Å². The number of nitrogens with zero attached hydrogens (tertiary/aromatic N) is 2. The fraction of sp³-hybridized carbons (Fsp3) is 0.346. The van der Waals surface area contributed by atoms with E-state index < -0.39 is 11.8 Å². The zero-order chi connectivity index (χ0) is 23.2. The number of nitrogens with one attached hydrogen (secondary N) is 1. The molecule has 1 heterocycles. The fourth-order valence-electron chi connectivity index (χ4n) is 4.16. The summed E-state index contributed by atoms with van der Waals surface area (Å²) in [5.74, 6) is 0.236. The van der Waals surface area contributed by atoms with Crippen molar-refractivity contribution in [2.24, 2.45) is 0 Å². The highest BCUT2D eigenvalue weighted by atomic mass is 19.1. The van der Waals surface area contributed by atoms with Gasteiger partial charge in [-0.05, 0) is 61.9 Å². The van der Waals surface area contributed by atoms with E-state index in [2.05, 4.69) is 15.3 Å². The number of aryl methyl sites for hydroxylation is 2. The Balaban J connectivity index is 1.22. The molecule has 172 valence electrons. The molecule has 1 atom stereocenters. The molecule has 0 aliphatic heterocycles. The van der Waals surface area contributed by atoms with Crippen molar-refractivity contribution in [3.8, 4) is 17.1 Å². The SMILES string of the molecule is Cc1ccc(-c2ncc(F)c(CNCCCOc3ccc4c(c3)CC[C@H]4CC(=O)O)n2)cc1. The van der Waals surface area contributed by atoms with Crippen molar-refractivity contribution in [1.29, 1.82) is 0 Å². The van der Waals surface area contributed by atoms with Gasteiger partial charge in [-0.25, -0.2) is 14.4 Å². The van der Waals surface area contributed by atoms with Crippen LogP contribution in [0.15, 0.2) is 48.7 Å². The third-order valence-electron chi connectivity index (χ3n) is 5.92. The smallest absolute Gasteiger partial charge is 0.303 e. The second-order valence-electron chi connectivity index (χ2n) is 8.43. The molecule has 6 nitrogen and oxygen atoms in total. The van der Waals surface area contributed by atoms with Gasteiger partial charge >= 0.3 is 5.97 Å². The van der Waals surface area contributed by atoms with Gasteiger partial charge in [0.15, 0.2) is 11.6 Å². The Morgan fingerprint density at radius 2 is 2.06 bits per heavy atom. The van der Waals surface area contributed by atoms with Crippen LogP contribution in [0.3, 0.4) is 0 Å². The van der Waals surface area contributed by atoms with Gasteiger partial charge in [0.25, 0.3) is 0 Å². The lowest BCUT2D eigenvalue weighted by atomic mass is 9.98.